The Labute approximate surface area is 117 Å². The fourth-order valence-corrected chi connectivity index (χ4v) is 1.72. The highest BCUT2D eigenvalue weighted by molar-refractivity contribution is 5.91. The number of nitrogens with one attached hydrogen (secondary N) is 1. The van der Waals surface area contributed by atoms with E-state index >= 15 is 0 Å². The molecule has 0 heterocycles. The number of para-hydroxylation sites is 1. The predicted molar refractivity (Wildman–Crippen MR) is 76.7 cm³/mol. The molecule has 0 aromatic heterocycles. The first-order chi connectivity index (χ1) is 9.69. The summed E-state index contributed by atoms with van der Waals surface area (Å²) in [6, 6.07) is 15.1. The number of ether oxygens (including phenoxy) is 1. The van der Waals surface area contributed by atoms with Crippen LogP contribution in [0.3, 0.4) is 0 Å². The maximum Gasteiger partial charge on any atom is 0.267 e. The summed E-state index contributed by atoms with van der Waals surface area (Å²) in [6.07, 6.45) is 2.81. The van der Waals surface area contributed by atoms with Crippen LogP contribution in [0.2, 0.25) is 0 Å². The molecule has 0 radical (unpaired) electrons. The molecule has 0 aliphatic heterocycles. The Kier molecular flexibility index (Phi) is 4.52. The van der Waals surface area contributed by atoms with Gasteiger partial charge in [0.15, 0.2) is 0 Å². The quantitative estimate of drug-likeness (QED) is 0.508. The SMILES string of the molecule is Cc1cccc(Oc2ccccc2C=CC(=O)NO)c1. The highest BCUT2D eigenvalue weighted by atomic mass is 16.5. The van der Waals surface area contributed by atoms with Crippen molar-refractivity contribution in [2.24, 2.45) is 0 Å². The standard InChI is InChI=1S/C16H15NO3/c1-12-5-4-7-14(11-12)20-15-8-3-2-6-13(15)9-10-16(18)17-19/h2-11,19H,1H3,(H,17,18). The lowest BCUT2D eigenvalue weighted by atomic mass is 10.2. The smallest absolute Gasteiger partial charge is 0.267 e. The van der Waals surface area contributed by atoms with E-state index in [1.165, 1.54) is 6.08 Å². The van der Waals surface area contributed by atoms with Crippen LogP contribution < -0.4 is 10.2 Å². The zero-order chi connectivity index (χ0) is 14.4. The topological polar surface area (TPSA) is 58.6 Å². The van der Waals surface area contributed by atoms with Gasteiger partial charge >= 0.3 is 0 Å². The molecule has 0 bridgehead atoms. The van der Waals surface area contributed by atoms with Crippen LogP contribution in [-0.4, -0.2) is 11.1 Å². The third-order valence-corrected chi connectivity index (χ3v) is 2.66. The van der Waals surface area contributed by atoms with Gasteiger partial charge in [0.25, 0.3) is 5.91 Å². The van der Waals surface area contributed by atoms with Gasteiger partial charge in [0.1, 0.15) is 11.5 Å². The first-order valence-electron chi connectivity index (χ1n) is 6.15. The Morgan fingerprint density at radius 3 is 2.75 bits per heavy atom. The van der Waals surface area contributed by atoms with E-state index in [0.29, 0.717) is 5.75 Å². The van der Waals surface area contributed by atoms with E-state index in [2.05, 4.69) is 0 Å². The Bertz CT molecular complexity index is 635. The Morgan fingerprint density at radius 2 is 2.00 bits per heavy atom. The average Bonchev–Trinajstić information content (AvgIpc) is 2.46. The van der Waals surface area contributed by atoms with Crippen LogP contribution >= 0.6 is 0 Å². The van der Waals surface area contributed by atoms with Crippen molar-refractivity contribution in [1.29, 1.82) is 0 Å². The predicted octanol–water partition coefficient (Wildman–Crippen LogP) is 3.31. The summed E-state index contributed by atoms with van der Waals surface area (Å²) in [5.41, 5.74) is 3.40. The second-order valence-electron chi connectivity index (χ2n) is 4.27. The normalized spacial score (nSPS) is 10.5. The lowest BCUT2D eigenvalue weighted by molar-refractivity contribution is -0.124. The fourth-order valence-electron chi connectivity index (χ4n) is 1.72. The van der Waals surface area contributed by atoms with Crippen molar-refractivity contribution in [3.8, 4) is 11.5 Å². The van der Waals surface area contributed by atoms with Gasteiger partial charge in [-0.05, 0) is 36.8 Å². The average molecular weight is 269 g/mol. The molecule has 0 aliphatic rings. The number of benzene rings is 2. The Morgan fingerprint density at radius 1 is 1.20 bits per heavy atom. The Hall–Kier alpha value is -2.59. The lowest BCUT2D eigenvalue weighted by Gasteiger charge is -2.09. The minimum Gasteiger partial charge on any atom is -0.457 e. The molecule has 0 saturated carbocycles. The molecule has 1 amide bonds. The van der Waals surface area contributed by atoms with Crippen molar-refractivity contribution in [2.45, 2.75) is 6.92 Å². The number of hydrogen-bond acceptors (Lipinski definition) is 3. The summed E-state index contributed by atoms with van der Waals surface area (Å²) in [4.78, 5) is 11.0. The lowest BCUT2D eigenvalue weighted by Crippen LogP contribution is -2.14. The number of aryl methyl sites for hydroxylation is 1. The molecule has 2 aromatic carbocycles. The maximum atomic E-state index is 11.0. The number of hydrogen-bond donors (Lipinski definition) is 2. The van der Waals surface area contributed by atoms with Gasteiger partial charge in [-0.2, -0.15) is 0 Å². The van der Waals surface area contributed by atoms with E-state index in [4.69, 9.17) is 9.94 Å². The molecule has 4 heteroatoms. The van der Waals surface area contributed by atoms with Crippen molar-refractivity contribution in [2.75, 3.05) is 0 Å². The van der Waals surface area contributed by atoms with E-state index in [-0.39, 0.29) is 0 Å². The molecule has 0 spiro atoms. The molecule has 0 atom stereocenters. The van der Waals surface area contributed by atoms with Gasteiger partial charge in [-0.25, -0.2) is 5.48 Å². The number of amides is 1. The van der Waals surface area contributed by atoms with E-state index in [9.17, 15) is 4.79 Å². The summed E-state index contributed by atoms with van der Waals surface area (Å²) in [5, 5.41) is 8.47. The summed E-state index contributed by atoms with van der Waals surface area (Å²) in [6.45, 7) is 1.99. The van der Waals surface area contributed by atoms with Crippen molar-refractivity contribution in [3.05, 3.63) is 65.7 Å². The molecule has 2 aromatic rings. The largest absolute Gasteiger partial charge is 0.457 e. The zero-order valence-electron chi connectivity index (χ0n) is 11.0. The third kappa shape index (κ3) is 3.70. The molecular formula is C16H15NO3. The summed E-state index contributed by atoms with van der Waals surface area (Å²) >= 11 is 0. The van der Waals surface area contributed by atoms with Crippen molar-refractivity contribution >= 4 is 12.0 Å². The summed E-state index contributed by atoms with van der Waals surface area (Å²) in [7, 11) is 0. The molecule has 4 nitrogen and oxygen atoms in total. The molecule has 2 N–H and O–H groups in total. The third-order valence-electron chi connectivity index (χ3n) is 2.66. The van der Waals surface area contributed by atoms with Crippen molar-refractivity contribution in [3.63, 3.8) is 0 Å². The van der Waals surface area contributed by atoms with Gasteiger partial charge in [-0.15, -0.1) is 0 Å². The van der Waals surface area contributed by atoms with Crippen LogP contribution in [0.1, 0.15) is 11.1 Å². The van der Waals surface area contributed by atoms with E-state index < -0.39 is 5.91 Å². The van der Waals surface area contributed by atoms with Gasteiger partial charge < -0.3 is 4.74 Å². The van der Waals surface area contributed by atoms with Crippen LogP contribution in [0, 0.1) is 6.92 Å². The first-order valence-corrected chi connectivity index (χ1v) is 6.15. The van der Waals surface area contributed by atoms with Crippen LogP contribution in [0.25, 0.3) is 6.08 Å². The second kappa shape index (κ2) is 6.54. The van der Waals surface area contributed by atoms with Gasteiger partial charge in [0, 0.05) is 11.6 Å². The van der Waals surface area contributed by atoms with E-state index in [0.717, 1.165) is 16.9 Å². The van der Waals surface area contributed by atoms with Gasteiger partial charge in [0.2, 0.25) is 0 Å². The van der Waals surface area contributed by atoms with E-state index in [1.54, 1.807) is 11.6 Å². The van der Waals surface area contributed by atoms with Crippen molar-refractivity contribution in [1.82, 2.24) is 5.48 Å². The zero-order valence-corrected chi connectivity index (χ0v) is 11.0. The number of rotatable bonds is 4. The van der Waals surface area contributed by atoms with Crippen molar-refractivity contribution < 1.29 is 14.7 Å². The Balaban J connectivity index is 2.24. The minimum absolute atomic E-state index is 0.588. The molecule has 0 aliphatic carbocycles. The number of carbonyl (C=O) groups excluding carboxylic acids is 1. The minimum atomic E-state index is -0.588. The number of carbonyl (C=O) groups is 1. The molecule has 0 fully saturated rings. The molecule has 2 rings (SSSR count). The van der Waals surface area contributed by atoms with Crippen LogP contribution in [-0.2, 0) is 4.79 Å². The van der Waals surface area contributed by atoms with Crippen LogP contribution in [0.15, 0.2) is 54.6 Å². The fraction of sp³-hybridized carbons (Fsp3) is 0.0625. The second-order valence-corrected chi connectivity index (χ2v) is 4.27. The summed E-state index contributed by atoms with van der Waals surface area (Å²) in [5.74, 6) is 0.785. The van der Waals surface area contributed by atoms with Gasteiger partial charge in [-0.1, -0.05) is 30.3 Å². The monoisotopic (exact) mass is 269 g/mol. The van der Waals surface area contributed by atoms with Crippen LogP contribution in [0.5, 0.6) is 11.5 Å². The molecule has 20 heavy (non-hydrogen) atoms. The molecule has 0 unspecified atom stereocenters. The van der Waals surface area contributed by atoms with E-state index in [1.807, 2.05) is 55.5 Å². The first kappa shape index (κ1) is 13.8. The van der Waals surface area contributed by atoms with Gasteiger partial charge in [0.05, 0.1) is 0 Å². The molecule has 102 valence electrons. The molecule has 0 saturated heterocycles. The maximum absolute atomic E-state index is 11.0. The highest BCUT2D eigenvalue weighted by Gasteiger charge is 2.02. The highest BCUT2D eigenvalue weighted by Crippen LogP contribution is 2.26. The summed E-state index contributed by atoms with van der Waals surface area (Å²) < 4.78 is 5.81. The van der Waals surface area contributed by atoms with Gasteiger partial charge in [-0.3, -0.25) is 10.0 Å². The van der Waals surface area contributed by atoms with Crippen LogP contribution in [0.4, 0.5) is 0 Å². The number of hydroxylamine groups is 1. The molecular weight excluding hydrogens is 254 g/mol.